The van der Waals surface area contributed by atoms with Gasteiger partial charge >= 0.3 is 0 Å². The van der Waals surface area contributed by atoms with E-state index in [0.717, 1.165) is 27.9 Å². The van der Waals surface area contributed by atoms with Gasteiger partial charge < -0.3 is 10.2 Å². The molecule has 0 aromatic heterocycles. The molecule has 4 heteroatoms. The molecule has 0 heterocycles. The van der Waals surface area contributed by atoms with Crippen LogP contribution in [0.5, 0.6) is 0 Å². The number of rotatable bonds is 4. The van der Waals surface area contributed by atoms with Crippen LogP contribution in [0.15, 0.2) is 36.4 Å². The summed E-state index contributed by atoms with van der Waals surface area (Å²) in [6.45, 7) is 7.83. The molecule has 0 radical (unpaired) electrons. The van der Waals surface area contributed by atoms with Crippen molar-refractivity contribution in [3.63, 3.8) is 0 Å². The third-order valence-electron chi connectivity index (χ3n) is 3.94. The average molecular weight is 324 g/mol. The normalized spacial score (nSPS) is 10.4. The molecule has 0 aliphatic carbocycles. The number of aryl methyl sites for hydroxylation is 4. The number of para-hydroxylation sites is 1. The summed E-state index contributed by atoms with van der Waals surface area (Å²) in [5.74, 6) is -0.355. The number of nitrogens with zero attached hydrogens (tertiary/aromatic N) is 1. The molecule has 0 bridgehead atoms. The molecule has 0 aliphatic heterocycles. The molecular weight excluding hydrogens is 300 g/mol. The Morgan fingerprint density at radius 3 is 2.04 bits per heavy atom. The van der Waals surface area contributed by atoms with E-state index in [0.29, 0.717) is 5.56 Å². The Balaban J connectivity index is 2.07. The number of anilines is 1. The summed E-state index contributed by atoms with van der Waals surface area (Å²) in [4.78, 5) is 26.3. The van der Waals surface area contributed by atoms with Crippen LogP contribution < -0.4 is 5.32 Å². The lowest BCUT2D eigenvalue weighted by molar-refractivity contribution is -0.116. The Morgan fingerprint density at radius 2 is 1.50 bits per heavy atom. The fourth-order valence-corrected chi connectivity index (χ4v) is 2.80. The Bertz CT molecular complexity index is 741. The first-order valence-electron chi connectivity index (χ1n) is 7.97. The summed E-state index contributed by atoms with van der Waals surface area (Å²) in [7, 11) is 1.64. The SMILES string of the molecule is Cc1cc(C)cc(C(=O)N(C)CC(=O)Nc2c(C)cccc2C)c1. The van der Waals surface area contributed by atoms with E-state index in [1.165, 1.54) is 4.90 Å². The first-order chi connectivity index (χ1) is 11.3. The molecule has 0 fully saturated rings. The summed E-state index contributed by atoms with van der Waals surface area (Å²) in [6, 6.07) is 11.6. The van der Waals surface area contributed by atoms with Gasteiger partial charge in [0.25, 0.3) is 5.91 Å². The van der Waals surface area contributed by atoms with Crippen LogP contribution >= 0.6 is 0 Å². The highest BCUT2D eigenvalue weighted by molar-refractivity contribution is 5.99. The molecule has 2 aromatic rings. The van der Waals surface area contributed by atoms with Gasteiger partial charge in [0.15, 0.2) is 0 Å². The highest BCUT2D eigenvalue weighted by Crippen LogP contribution is 2.19. The van der Waals surface area contributed by atoms with Crippen LogP contribution in [0.25, 0.3) is 0 Å². The highest BCUT2D eigenvalue weighted by Gasteiger charge is 2.16. The molecule has 126 valence electrons. The third kappa shape index (κ3) is 4.22. The lowest BCUT2D eigenvalue weighted by Crippen LogP contribution is -2.35. The third-order valence-corrected chi connectivity index (χ3v) is 3.94. The number of amides is 2. The van der Waals surface area contributed by atoms with E-state index in [4.69, 9.17) is 0 Å². The summed E-state index contributed by atoms with van der Waals surface area (Å²) in [5, 5.41) is 2.91. The van der Waals surface area contributed by atoms with Crippen molar-refractivity contribution >= 4 is 17.5 Å². The number of likely N-dealkylation sites (N-methyl/N-ethyl adjacent to an activating group) is 1. The summed E-state index contributed by atoms with van der Waals surface area (Å²) < 4.78 is 0. The molecule has 2 amide bonds. The number of benzene rings is 2. The van der Waals surface area contributed by atoms with Crippen LogP contribution in [-0.4, -0.2) is 30.3 Å². The molecule has 0 atom stereocenters. The quantitative estimate of drug-likeness (QED) is 0.933. The Kier molecular flexibility index (Phi) is 5.39. The molecular formula is C20H24N2O2. The molecule has 2 aromatic carbocycles. The zero-order chi connectivity index (χ0) is 17.9. The second kappa shape index (κ2) is 7.30. The average Bonchev–Trinajstić information content (AvgIpc) is 2.49. The van der Waals surface area contributed by atoms with Crippen molar-refractivity contribution in [2.75, 3.05) is 18.9 Å². The Labute approximate surface area is 143 Å². The standard InChI is InChI=1S/C20H24N2O2/c1-13-9-14(2)11-17(10-13)20(24)22(5)12-18(23)21-19-15(3)7-6-8-16(19)4/h6-11H,12H2,1-5H3,(H,21,23). The smallest absolute Gasteiger partial charge is 0.254 e. The van der Waals surface area contributed by atoms with Crippen molar-refractivity contribution in [2.45, 2.75) is 27.7 Å². The molecule has 0 spiro atoms. The first kappa shape index (κ1) is 17.7. The van der Waals surface area contributed by atoms with Gasteiger partial charge in [-0.2, -0.15) is 0 Å². The zero-order valence-electron chi connectivity index (χ0n) is 14.9. The summed E-state index contributed by atoms with van der Waals surface area (Å²) >= 11 is 0. The van der Waals surface area contributed by atoms with Crippen molar-refractivity contribution in [3.8, 4) is 0 Å². The van der Waals surface area contributed by atoms with Crippen LogP contribution in [0.1, 0.15) is 32.6 Å². The molecule has 4 nitrogen and oxygen atoms in total. The molecule has 1 N–H and O–H groups in total. The predicted octanol–water partition coefficient (Wildman–Crippen LogP) is 3.63. The number of hydrogen-bond acceptors (Lipinski definition) is 2. The van der Waals surface area contributed by atoms with Crippen molar-refractivity contribution in [3.05, 3.63) is 64.2 Å². The lowest BCUT2D eigenvalue weighted by atomic mass is 10.1. The van der Waals surface area contributed by atoms with Crippen molar-refractivity contribution in [1.29, 1.82) is 0 Å². The molecule has 24 heavy (non-hydrogen) atoms. The minimum Gasteiger partial charge on any atom is -0.332 e. The maximum absolute atomic E-state index is 12.5. The largest absolute Gasteiger partial charge is 0.332 e. The second-order valence-corrected chi connectivity index (χ2v) is 6.35. The fourth-order valence-electron chi connectivity index (χ4n) is 2.80. The summed E-state index contributed by atoms with van der Waals surface area (Å²) in [6.07, 6.45) is 0. The number of carbonyl (C=O) groups is 2. The van der Waals surface area contributed by atoms with Crippen LogP contribution in [0, 0.1) is 27.7 Å². The maximum atomic E-state index is 12.5. The zero-order valence-corrected chi connectivity index (χ0v) is 14.9. The minimum atomic E-state index is -0.201. The Morgan fingerprint density at radius 1 is 0.958 bits per heavy atom. The van der Waals surface area contributed by atoms with Crippen LogP contribution in [0.2, 0.25) is 0 Å². The number of carbonyl (C=O) groups excluding carboxylic acids is 2. The fraction of sp³-hybridized carbons (Fsp3) is 0.300. The molecule has 0 saturated heterocycles. The van der Waals surface area contributed by atoms with Gasteiger partial charge in [0.05, 0.1) is 6.54 Å². The van der Waals surface area contributed by atoms with Gasteiger partial charge in [0.1, 0.15) is 0 Å². The Hall–Kier alpha value is -2.62. The number of nitrogens with one attached hydrogen (secondary N) is 1. The number of hydrogen-bond donors (Lipinski definition) is 1. The van der Waals surface area contributed by atoms with Gasteiger partial charge in [-0.3, -0.25) is 9.59 Å². The van der Waals surface area contributed by atoms with E-state index in [1.54, 1.807) is 7.05 Å². The molecule has 2 rings (SSSR count). The second-order valence-electron chi connectivity index (χ2n) is 6.35. The van der Waals surface area contributed by atoms with E-state index >= 15 is 0 Å². The maximum Gasteiger partial charge on any atom is 0.254 e. The van der Waals surface area contributed by atoms with Gasteiger partial charge in [0, 0.05) is 18.3 Å². The van der Waals surface area contributed by atoms with Gasteiger partial charge in [-0.05, 0) is 51.0 Å². The lowest BCUT2D eigenvalue weighted by Gasteiger charge is -2.18. The van der Waals surface area contributed by atoms with Crippen molar-refractivity contribution in [2.24, 2.45) is 0 Å². The molecule has 0 unspecified atom stereocenters. The first-order valence-corrected chi connectivity index (χ1v) is 7.97. The van der Waals surface area contributed by atoms with E-state index in [9.17, 15) is 9.59 Å². The van der Waals surface area contributed by atoms with E-state index in [2.05, 4.69) is 5.32 Å². The van der Waals surface area contributed by atoms with E-state index in [1.807, 2.05) is 64.1 Å². The van der Waals surface area contributed by atoms with Gasteiger partial charge in [-0.1, -0.05) is 35.4 Å². The van der Waals surface area contributed by atoms with Crippen LogP contribution in [-0.2, 0) is 4.79 Å². The van der Waals surface area contributed by atoms with Crippen LogP contribution in [0.3, 0.4) is 0 Å². The van der Waals surface area contributed by atoms with E-state index in [-0.39, 0.29) is 18.4 Å². The summed E-state index contributed by atoms with van der Waals surface area (Å²) in [5.41, 5.74) is 5.50. The van der Waals surface area contributed by atoms with Crippen molar-refractivity contribution in [1.82, 2.24) is 4.90 Å². The van der Waals surface area contributed by atoms with Gasteiger partial charge in [-0.15, -0.1) is 0 Å². The van der Waals surface area contributed by atoms with Crippen LogP contribution in [0.4, 0.5) is 5.69 Å². The highest BCUT2D eigenvalue weighted by atomic mass is 16.2. The topological polar surface area (TPSA) is 49.4 Å². The predicted molar refractivity (Wildman–Crippen MR) is 97.4 cm³/mol. The molecule has 0 aliphatic rings. The molecule has 0 saturated carbocycles. The van der Waals surface area contributed by atoms with E-state index < -0.39 is 0 Å². The van der Waals surface area contributed by atoms with Crippen molar-refractivity contribution < 1.29 is 9.59 Å². The monoisotopic (exact) mass is 324 g/mol. The minimum absolute atomic E-state index is 0.0135. The van der Waals surface area contributed by atoms with Gasteiger partial charge in [-0.25, -0.2) is 0 Å². The van der Waals surface area contributed by atoms with Gasteiger partial charge in [0.2, 0.25) is 5.91 Å².